The third kappa shape index (κ3) is 1.95. The van der Waals surface area contributed by atoms with E-state index in [1.165, 1.54) is 10.8 Å². The Labute approximate surface area is 171 Å². The van der Waals surface area contributed by atoms with Gasteiger partial charge in [-0.05, 0) is 36.4 Å². The van der Waals surface area contributed by atoms with E-state index < -0.39 is 0 Å². The summed E-state index contributed by atoms with van der Waals surface area (Å²) in [7, 11) is 0. The number of hydrogen-bond donors (Lipinski definition) is 0. The zero-order valence-electron chi connectivity index (χ0n) is 16.0. The highest BCUT2D eigenvalue weighted by Gasteiger charge is 2.15. The molecule has 0 fully saturated rings. The molecule has 0 aliphatic carbocycles. The summed E-state index contributed by atoms with van der Waals surface area (Å²) in [5.74, 6) is 0. The van der Waals surface area contributed by atoms with Gasteiger partial charge < -0.3 is 0 Å². The Kier molecular flexibility index (Phi) is 2.97. The van der Waals surface area contributed by atoms with E-state index in [0.717, 1.165) is 44.4 Å². The van der Waals surface area contributed by atoms with Crippen LogP contribution in [0.4, 0.5) is 0 Å². The van der Waals surface area contributed by atoms with Crippen molar-refractivity contribution in [3.05, 3.63) is 97.1 Å². The van der Waals surface area contributed by atoms with Gasteiger partial charge in [0.1, 0.15) is 0 Å². The lowest BCUT2D eigenvalue weighted by molar-refractivity contribution is 1.25. The summed E-state index contributed by atoms with van der Waals surface area (Å²) in [4.78, 5) is 10.1. The van der Waals surface area contributed by atoms with Crippen molar-refractivity contribution < 1.29 is 0 Å². The topological polar surface area (TPSA) is 34.6 Å². The summed E-state index contributed by atoms with van der Waals surface area (Å²) in [5.41, 5.74) is 8.04. The van der Waals surface area contributed by atoms with Crippen LogP contribution in [-0.2, 0) is 0 Å². The quantitative estimate of drug-likeness (QED) is 0.314. The van der Waals surface area contributed by atoms with Gasteiger partial charge in [-0.3, -0.25) is 8.80 Å². The first-order chi connectivity index (χ1) is 14.9. The van der Waals surface area contributed by atoms with Gasteiger partial charge in [0.2, 0.25) is 0 Å². The largest absolute Gasteiger partial charge is 0.289 e. The van der Waals surface area contributed by atoms with Crippen molar-refractivity contribution in [2.45, 2.75) is 0 Å². The molecular weight excluding hydrogens is 368 g/mol. The van der Waals surface area contributed by atoms with Gasteiger partial charge in [0.05, 0.1) is 33.1 Å². The van der Waals surface area contributed by atoms with Crippen LogP contribution < -0.4 is 0 Å². The van der Waals surface area contributed by atoms with Crippen LogP contribution in [0.3, 0.4) is 0 Å². The van der Waals surface area contributed by atoms with Crippen molar-refractivity contribution in [1.29, 1.82) is 0 Å². The molecule has 4 nitrogen and oxygen atoms in total. The van der Waals surface area contributed by atoms with Crippen molar-refractivity contribution in [3.63, 3.8) is 0 Å². The lowest BCUT2D eigenvalue weighted by Gasteiger charge is -2.08. The summed E-state index contributed by atoms with van der Waals surface area (Å²) in [6, 6.07) is 33.7. The maximum atomic E-state index is 5.04. The molecule has 0 atom stereocenters. The molecule has 0 unspecified atom stereocenters. The maximum Gasteiger partial charge on any atom is 0.182 e. The average molecular weight is 384 g/mol. The number of nitrogens with zero attached hydrogens (tertiary/aromatic N) is 4. The van der Waals surface area contributed by atoms with Crippen LogP contribution >= 0.6 is 0 Å². The number of benzene rings is 4. The van der Waals surface area contributed by atoms with Crippen molar-refractivity contribution in [2.75, 3.05) is 0 Å². The summed E-state index contributed by atoms with van der Waals surface area (Å²) in [6.07, 6.45) is 0. The van der Waals surface area contributed by atoms with Crippen molar-refractivity contribution >= 4 is 55.2 Å². The van der Waals surface area contributed by atoms with Gasteiger partial charge in [-0.15, -0.1) is 0 Å². The van der Waals surface area contributed by atoms with Crippen LogP contribution in [0.2, 0.25) is 0 Å². The molecule has 0 bridgehead atoms. The molecule has 4 aromatic carbocycles. The smallest absolute Gasteiger partial charge is 0.182 e. The van der Waals surface area contributed by atoms with Crippen molar-refractivity contribution in [2.24, 2.45) is 0 Å². The Balaban J connectivity index is 1.99. The molecule has 7 aromatic rings. The molecule has 30 heavy (non-hydrogen) atoms. The molecule has 0 spiro atoms. The zero-order valence-corrected chi connectivity index (χ0v) is 16.0. The van der Waals surface area contributed by atoms with E-state index in [1.807, 2.05) is 12.1 Å². The van der Waals surface area contributed by atoms with Crippen LogP contribution in [0.25, 0.3) is 55.2 Å². The molecule has 0 aliphatic rings. The lowest BCUT2D eigenvalue weighted by Crippen LogP contribution is -1.94. The van der Waals surface area contributed by atoms with Gasteiger partial charge in [0.25, 0.3) is 0 Å². The molecule has 7 rings (SSSR count). The van der Waals surface area contributed by atoms with E-state index in [9.17, 15) is 0 Å². The summed E-state index contributed by atoms with van der Waals surface area (Å²) < 4.78 is 4.50. The number of fused-ring (bicyclic) bond motifs is 12. The highest BCUT2D eigenvalue weighted by molar-refractivity contribution is 6.08. The van der Waals surface area contributed by atoms with E-state index in [2.05, 4.69) is 93.7 Å². The Morgan fingerprint density at radius 3 is 1.23 bits per heavy atom. The Morgan fingerprint density at radius 1 is 0.400 bits per heavy atom. The molecule has 0 radical (unpaired) electrons. The van der Waals surface area contributed by atoms with Crippen LogP contribution in [0.1, 0.15) is 0 Å². The molecule has 0 aliphatic heterocycles. The first-order valence-electron chi connectivity index (χ1n) is 10.0. The fraction of sp³-hybridized carbons (Fsp3) is 0. The van der Waals surface area contributed by atoms with Gasteiger partial charge in [-0.1, -0.05) is 60.7 Å². The number of para-hydroxylation sites is 6. The fourth-order valence-corrected chi connectivity index (χ4v) is 4.63. The van der Waals surface area contributed by atoms with Crippen LogP contribution in [0.15, 0.2) is 97.1 Å². The van der Waals surface area contributed by atoms with Crippen LogP contribution in [-0.4, -0.2) is 18.8 Å². The Hall–Kier alpha value is -4.18. The third-order valence-corrected chi connectivity index (χ3v) is 5.90. The van der Waals surface area contributed by atoms with Crippen molar-refractivity contribution in [3.8, 4) is 0 Å². The average Bonchev–Trinajstić information content (AvgIpc) is 3.36. The van der Waals surface area contributed by atoms with E-state index in [-0.39, 0.29) is 0 Å². The molecule has 3 heterocycles. The van der Waals surface area contributed by atoms with E-state index in [1.54, 1.807) is 0 Å². The molecule has 0 N–H and O–H groups in total. The second-order valence-electron chi connectivity index (χ2n) is 7.55. The molecule has 3 aromatic heterocycles. The predicted molar refractivity (Wildman–Crippen MR) is 123 cm³/mol. The standard InChI is InChI=1S/C26H16N4/c1-5-13-21-17(9-1)18-10-2-6-14-22(18)30-24-16-8-4-12-20(24)28-26(30)25-27-19-11-3-7-15-23(19)29(21)25/h1-16H. The molecular formula is C26H16N4. The molecule has 140 valence electrons. The van der Waals surface area contributed by atoms with E-state index >= 15 is 0 Å². The van der Waals surface area contributed by atoms with Gasteiger partial charge in [0.15, 0.2) is 11.3 Å². The lowest BCUT2D eigenvalue weighted by atomic mass is 10.1. The Morgan fingerprint density at radius 2 is 0.767 bits per heavy atom. The monoisotopic (exact) mass is 384 g/mol. The summed E-state index contributed by atoms with van der Waals surface area (Å²) >= 11 is 0. The zero-order chi connectivity index (χ0) is 19.7. The number of imidazole rings is 2. The second-order valence-corrected chi connectivity index (χ2v) is 7.55. The van der Waals surface area contributed by atoms with Gasteiger partial charge in [0, 0.05) is 10.8 Å². The second kappa shape index (κ2) is 5.67. The minimum absolute atomic E-state index is 0.856. The van der Waals surface area contributed by atoms with Crippen molar-refractivity contribution in [1.82, 2.24) is 18.8 Å². The number of hydrogen-bond acceptors (Lipinski definition) is 2. The summed E-state index contributed by atoms with van der Waals surface area (Å²) in [5, 5.41) is 2.36. The molecule has 4 heteroatoms. The minimum Gasteiger partial charge on any atom is -0.289 e. The summed E-state index contributed by atoms with van der Waals surface area (Å²) in [6.45, 7) is 0. The number of rotatable bonds is 0. The fourth-order valence-electron chi connectivity index (χ4n) is 4.63. The normalized spacial score (nSPS) is 12.0. The first-order valence-corrected chi connectivity index (χ1v) is 10.0. The maximum absolute atomic E-state index is 5.04. The number of aromatic nitrogens is 4. The van der Waals surface area contributed by atoms with Crippen LogP contribution in [0.5, 0.6) is 0 Å². The van der Waals surface area contributed by atoms with Gasteiger partial charge in [-0.25, -0.2) is 9.97 Å². The van der Waals surface area contributed by atoms with Gasteiger partial charge >= 0.3 is 0 Å². The van der Waals surface area contributed by atoms with E-state index in [0.29, 0.717) is 0 Å². The minimum atomic E-state index is 0.856. The molecule has 0 saturated carbocycles. The SMILES string of the molecule is c1ccc2c(c1)nc1c3nc4ccccc4n3c3ccccc3c3ccccc3n21. The third-order valence-electron chi connectivity index (χ3n) is 5.90. The highest BCUT2D eigenvalue weighted by Crippen LogP contribution is 2.31. The Bertz CT molecular complexity index is 1670. The van der Waals surface area contributed by atoms with Gasteiger partial charge in [-0.2, -0.15) is 0 Å². The molecule has 0 amide bonds. The highest BCUT2D eigenvalue weighted by atomic mass is 15.1. The van der Waals surface area contributed by atoms with E-state index in [4.69, 9.17) is 9.97 Å². The molecule has 0 saturated heterocycles. The van der Waals surface area contributed by atoms with Crippen LogP contribution in [0, 0.1) is 0 Å². The predicted octanol–water partition coefficient (Wildman–Crippen LogP) is 6.16. The first kappa shape index (κ1) is 15.7.